The highest BCUT2D eigenvalue weighted by atomic mass is 16.5. The van der Waals surface area contributed by atoms with Gasteiger partial charge >= 0.3 is 0 Å². The molecular formula is C15H19N3O2. The summed E-state index contributed by atoms with van der Waals surface area (Å²) in [5.74, 6) is 0.652. The van der Waals surface area contributed by atoms with Gasteiger partial charge in [0, 0.05) is 11.1 Å². The summed E-state index contributed by atoms with van der Waals surface area (Å²) >= 11 is 0. The minimum absolute atomic E-state index is 0.0781. The second kappa shape index (κ2) is 6.34. The molecule has 1 aliphatic rings. The number of hydrogen-bond acceptors (Lipinski definition) is 4. The van der Waals surface area contributed by atoms with Crippen molar-refractivity contribution >= 4 is 18.2 Å². The van der Waals surface area contributed by atoms with E-state index in [0.29, 0.717) is 6.61 Å². The van der Waals surface area contributed by atoms with Crippen molar-refractivity contribution in [3.8, 4) is 5.75 Å². The summed E-state index contributed by atoms with van der Waals surface area (Å²) in [5, 5.41) is 3.92. The van der Waals surface area contributed by atoms with Gasteiger partial charge in [-0.3, -0.25) is 4.79 Å². The third kappa shape index (κ3) is 3.45. The van der Waals surface area contributed by atoms with Gasteiger partial charge in [-0.2, -0.15) is 5.10 Å². The van der Waals surface area contributed by atoms with Crippen LogP contribution in [0.2, 0.25) is 0 Å². The standard InChI is InChI=1S/C15H19N3O2/c1-10(2)14(16)15(19)18-17-8-11-7-12-5-3-4-6-13(12)20-9-11/h3-8,10,14H,9,16H2,1-2H3,(H,18,19)/b17-8-/t14-/m1/s1. The van der Waals surface area contributed by atoms with E-state index in [2.05, 4.69) is 10.5 Å². The van der Waals surface area contributed by atoms with Crippen LogP contribution in [0.3, 0.4) is 0 Å². The number of hydrogen-bond donors (Lipinski definition) is 2. The van der Waals surface area contributed by atoms with E-state index in [4.69, 9.17) is 10.5 Å². The van der Waals surface area contributed by atoms with E-state index in [1.54, 1.807) is 6.21 Å². The van der Waals surface area contributed by atoms with Crippen LogP contribution in [0.25, 0.3) is 6.08 Å². The quantitative estimate of drug-likeness (QED) is 0.645. The number of carbonyl (C=O) groups excluding carboxylic acids is 1. The van der Waals surface area contributed by atoms with Gasteiger partial charge in [-0.25, -0.2) is 5.43 Å². The lowest BCUT2D eigenvalue weighted by atomic mass is 10.1. The van der Waals surface area contributed by atoms with Crippen LogP contribution in [0, 0.1) is 5.92 Å². The molecule has 0 aromatic heterocycles. The van der Waals surface area contributed by atoms with Crippen molar-refractivity contribution in [3.63, 3.8) is 0 Å². The molecule has 2 rings (SSSR count). The number of hydrazone groups is 1. The van der Waals surface area contributed by atoms with Crippen LogP contribution < -0.4 is 15.9 Å². The largest absolute Gasteiger partial charge is 0.488 e. The van der Waals surface area contributed by atoms with Gasteiger partial charge in [0.1, 0.15) is 12.4 Å². The Morgan fingerprint density at radius 3 is 2.95 bits per heavy atom. The number of ether oxygens (including phenoxy) is 1. The molecule has 1 atom stereocenters. The van der Waals surface area contributed by atoms with E-state index >= 15 is 0 Å². The fourth-order valence-electron chi connectivity index (χ4n) is 1.76. The normalized spacial score (nSPS) is 15.5. The van der Waals surface area contributed by atoms with Crippen LogP contribution in [-0.2, 0) is 4.79 Å². The fraction of sp³-hybridized carbons (Fsp3) is 0.333. The first-order valence-electron chi connectivity index (χ1n) is 6.59. The predicted molar refractivity (Wildman–Crippen MR) is 79.4 cm³/mol. The highest BCUT2D eigenvalue weighted by molar-refractivity contribution is 5.89. The molecule has 1 aliphatic heterocycles. The number of nitrogens with one attached hydrogen (secondary N) is 1. The maximum atomic E-state index is 11.6. The Labute approximate surface area is 118 Å². The Hall–Kier alpha value is -2.14. The average Bonchev–Trinajstić information content (AvgIpc) is 2.46. The lowest BCUT2D eigenvalue weighted by Crippen LogP contribution is -2.42. The summed E-state index contributed by atoms with van der Waals surface area (Å²) in [5.41, 5.74) is 10.1. The van der Waals surface area contributed by atoms with E-state index < -0.39 is 6.04 Å². The molecule has 5 heteroatoms. The molecule has 0 saturated carbocycles. The van der Waals surface area contributed by atoms with Gasteiger partial charge in [-0.05, 0) is 18.1 Å². The van der Waals surface area contributed by atoms with Crippen molar-refractivity contribution < 1.29 is 9.53 Å². The number of para-hydroxylation sites is 1. The van der Waals surface area contributed by atoms with Crippen LogP contribution in [0.1, 0.15) is 19.4 Å². The summed E-state index contributed by atoms with van der Waals surface area (Å²) in [6.45, 7) is 4.22. The van der Waals surface area contributed by atoms with Crippen molar-refractivity contribution in [1.29, 1.82) is 0 Å². The monoisotopic (exact) mass is 273 g/mol. The molecule has 20 heavy (non-hydrogen) atoms. The summed E-state index contributed by atoms with van der Waals surface area (Å²) in [7, 11) is 0. The third-order valence-electron chi connectivity index (χ3n) is 3.08. The van der Waals surface area contributed by atoms with E-state index in [-0.39, 0.29) is 11.8 Å². The molecule has 0 aliphatic carbocycles. The van der Waals surface area contributed by atoms with Crippen LogP contribution in [0.4, 0.5) is 0 Å². The molecule has 5 nitrogen and oxygen atoms in total. The van der Waals surface area contributed by atoms with E-state index in [1.165, 1.54) is 0 Å². The van der Waals surface area contributed by atoms with Crippen LogP contribution >= 0.6 is 0 Å². The molecule has 1 aromatic rings. The van der Waals surface area contributed by atoms with Gasteiger partial charge < -0.3 is 10.5 Å². The lowest BCUT2D eigenvalue weighted by molar-refractivity contribution is -0.123. The van der Waals surface area contributed by atoms with E-state index in [1.807, 2.05) is 44.2 Å². The summed E-state index contributed by atoms with van der Waals surface area (Å²) < 4.78 is 5.58. The molecule has 0 spiro atoms. The number of carbonyl (C=O) groups is 1. The molecule has 106 valence electrons. The first-order valence-corrected chi connectivity index (χ1v) is 6.59. The smallest absolute Gasteiger partial charge is 0.257 e. The van der Waals surface area contributed by atoms with Gasteiger partial charge in [0.15, 0.2) is 0 Å². The second-order valence-corrected chi connectivity index (χ2v) is 5.05. The molecule has 1 amide bonds. The molecule has 3 N–H and O–H groups in total. The maximum Gasteiger partial charge on any atom is 0.257 e. The Kier molecular flexibility index (Phi) is 4.53. The van der Waals surface area contributed by atoms with E-state index in [0.717, 1.165) is 16.9 Å². The minimum Gasteiger partial charge on any atom is -0.488 e. The zero-order valence-electron chi connectivity index (χ0n) is 11.7. The summed E-state index contributed by atoms with van der Waals surface area (Å²) in [6.07, 6.45) is 3.57. The fourth-order valence-corrected chi connectivity index (χ4v) is 1.76. The van der Waals surface area contributed by atoms with Crippen LogP contribution in [0.5, 0.6) is 5.75 Å². The van der Waals surface area contributed by atoms with Crippen molar-refractivity contribution in [1.82, 2.24) is 5.43 Å². The highest BCUT2D eigenvalue weighted by Crippen LogP contribution is 2.24. The van der Waals surface area contributed by atoms with Crippen molar-refractivity contribution in [2.75, 3.05) is 6.61 Å². The van der Waals surface area contributed by atoms with E-state index in [9.17, 15) is 4.79 Å². The number of nitrogens with zero attached hydrogens (tertiary/aromatic N) is 1. The zero-order valence-corrected chi connectivity index (χ0v) is 11.7. The Morgan fingerprint density at radius 1 is 1.45 bits per heavy atom. The van der Waals surface area contributed by atoms with Crippen molar-refractivity contribution in [2.24, 2.45) is 16.8 Å². The Balaban J connectivity index is 1.96. The minimum atomic E-state index is -0.551. The van der Waals surface area contributed by atoms with Gasteiger partial charge in [0.05, 0.1) is 12.3 Å². The van der Waals surface area contributed by atoms with Crippen LogP contribution in [0.15, 0.2) is 34.9 Å². The number of amides is 1. The Morgan fingerprint density at radius 2 is 2.20 bits per heavy atom. The SMILES string of the molecule is CC(C)[C@@H](N)C(=O)N/N=C\C1=Cc2ccccc2OC1. The van der Waals surface area contributed by atoms with Gasteiger partial charge in [0.25, 0.3) is 5.91 Å². The van der Waals surface area contributed by atoms with Crippen LogP contribution in [-0.4, -0.2) is 24.8 Å². The third-order valence-corrected chi connectivity index (χ3v) is 3.08. The van der Waals surface area contributed by atoms with Gasteiger partial charge in [0.2, 0.25) is 0 Å². The molecule has 1 heterocycles. The van der Waals surface area contributed by atoms with Gasteiger partial charge in [-0.1, -0.05) is 32.0 Å². The molecule has 0 saturated heterocycles. The maximum absolute atomic E-state index is 11.6. The van der Waals surface area contributed by atoms with Gasteiger partial charge in [-0.15, -0.1) is 0 Å². The molecule has 1 aromatic carbocycles. The average molecular weight is 273 g/mol. The molecule has 0 radical (unpaired) electrons. The number of nitrogens with two attached hydrogens (primary N) is 1. The Bertz CT molecular complexity index is 550. The topological polar surface area (TPSA) is 76.7 Å². The number of rotatable bonds is 4. The predicted octanol–water partition coefficient (Wildman–Crippen LogP) is 1.55. The lowest BCUT2D eigenvalue weighted by Gasteiger charge is -2.15. The molecule has 0 bridgehead atoms. The van der Waals surface area contributed by atoms with Crippen molar-refractivity contribution in [2.45, 2.75) is 19.9 Å². The number of benzene rings is 1. The highest BCUT2D eigenvalue weighted by Gasteiger charge is 2.16. The molecular weight excluding hydrogens is 254 g/mol. The molecule has 0 unspecified atom stereocenters. The first-order chi connectivity index (χ1) is 9.58. The first kappa shape index (κ1) is 14.3. The summed E-state index contributed by atoms with van der Waals surface area (Å²) in [4.78, 5) is 11.6. The number of fused-ring (bicyclic) bond motifs is 1. The zero-order chi connectivity index (χ0) is 14.5. The second-order valence-electron chi connectivity index (χ2n) is 5.05. The molecule has 0 fully saturated rings. The van der Waals surface area contributed by atoms with Crippen molar-refractivity contribution in [3.05, 3.63) is 35.4 Å². The summed E-state index contributed by atoms with van der Waals surface area (Å²) in [6, 6.07) is 7.21.